The molecule has 0 heterocycles. The van der Waals surface area contributed by atoms with Gasteiger partial charge in [-0.1, -0.05) is 109 Å². The van der Waals surface area contributed by atoms with E-state index in [1.165, 1.54) is 11.1 Å². The minimum Gasteiger partial charge on any atom is -0.313 e. The van der Waals surface area contributed by atoms with Gasteiger partial charge in [0, 0.05) is 16.8 Å². The highest BCUT2D eigenvalue weighted by Crippen LogP contribution is 2.48. The Morgan fingerprint density at radius 2 is 1.04 bits per heavy atom. The topological polar surface area (TPSA) is 17.1 Å². The molecule has 28 heavy (non-hydrogen) atoms. The maximum absolute atomic E-state index is 14.5. The molecular formula is C26H23OP. The van der Waals surface area contributed by atoms with Gasteiger partial charge in [0.15, 0.2) is 0 Å². The molecule has 0 spiro atoms. The molecule has 0 aliphatic heterocycles. The van der Waals surface area contributed by atoms with Crippen molar-refractivity contribution in [1.82, 2.24) is 0 Å². The molecular weight excluding hydrogens is 359 g/mol. The Balaban J connectivity index is 1.86. The Bertz CT molecular complexity index is 1070. The van der Waals surface area contributed by atoms with Crippen molar-refractivity contribution in [3.05, 3.63) is 120 Å². The van der Waals surface area contributed by atoms with Gasteiger partial charge >= 0.3 is 0 Å². The molecule has 0 saturated heterocycles. The van der Waals surface area contributed by atoms with Crippen molar-refractivity contribution in [2.24, 2.45) is 0 Å². The van der Waals surface area contributed by atoms with E-state index >= 15 is 0 Å². The lowest BCUT2D eigenvalue weighted by atomic mass is 9.97. The van der Waals surface area contributed by atoms with Crippen LogP contribution in [0.15, 0.2) is 109 Å². The molecule has 0 unspecified atom stereocenters. The fourth-order valence-electron chi connectivity index (χ4n) is 3.71. The van der Waals surface area contributed by atoms with E-state index < -0.39 is 7.14 Å². The molecule has 0 bridgehead atoms. The van der Waals surface area contributed by atoms with E-state index in [4.69, 9.17) is 0 Å². The molecule has 0 amide bonds. The normalized spacial score (nSPS) is 11.3. The van der Waals surface area contributed by atoms with Crippen LogP contribution < -0.4 is 10.6 Å². The smallest absolute Gasteiger partial charge is 0.147 e. The van der Waals surface area contributed by atoms with Crippen molar-refractivity contribution in [3.8, 4) is 11.1 Å². The van der Waals surface area contributed by atoms with Crippen molar-refractivity contribution < 1.29 is 4.57 Å². The van der Waals surface area contributed by atoms with Crippen LogP contribution in [-0.4, -0.2) is 0 Å². The lowest BCUT2D eigenvalue weighted by molar-refractivity contribution is 0.586. The van der Waals surface area contributed by atoms with Gasteiger partial charge in [-0.2, -0.15) is 0 Å². The molecule has 0 N–H and O–H groups in total. The van der Waals surface area contributed by atoms with E-state index in [2.05, 4.69) is 49.4 Å². The maximum atomic E-state index is 14.5. The lowest BCUT2D eigenvalue weighted by Crippen LogP contribution is -2.17. The first-order chi connectivity index (χ1) is 13.7. The number of hydrogen-bond acceptors (Lipinski definition) is 1. The molecule has 0 aliphatic carbocycles. The van der Waals surface area contributed by atoms with Crippen molar-refractivity contribution in [3.63, 3.8) is 0 Å². The highest BCUT2D eigenvalue weighted by molar-refractivity contribution is 7.78. The van der Waals surface area contributed by atoms with Crippen molar-refractivity contribution in [2.45, 2.75) is 13.1 Å². The second-order valence-corrected chi connectivity index (χ2v) is 9.87. The van der Waals surface area contributed by atoms with Crippen LogP contribution in [0.1, 0.15) is 11.1 Å². The predicted molar refractivity (Wildman–Crippen MR) is 120 cm³/mol. The molecule has 4 rings (SSSR count). The molecule has 0 aromatic heterocycles. The molecule has 0 radical (unpaired) electrons. The third-order valence-electron chi connectivity index (χ3n) is 5.19. The van der Waals surface area contributed by atoms with Gasteiger partial charge in [-0.05, 0) is 29.2 Å². The first-order valence-electron chi connectivity index (χ1n) is 9.53. The van der Waals surface area contributed by atoms with E-state index in [0.717, 1.165) is 21.7 Å². The fourth-order valence-corrected chi connectivity index (χ4v) is 6.43. The van der Waals surface area contributed by atoms with Crippen LogP contribution in [-0.2, 0) is 10.7 Å². The van der Waals surface area contributed by atoms with Crippen LogP contribution in [0.2, 0.25) is 0 Å². The molecule has 0 fully saturated rings. The summed E-state index contributed by atoms with van der Waals surface area (Å²) in [5, 5.41) is 1.81. The SMILES string of the molecule is Cc1ccccc1-c1ccccc1CP(=O)(c1ccccc1)c1ccccc1. The van der Waals surface area contributed by atoms with Crippen LogP contribution in [0.5, 0.6) is 0 Å². The molecule has 0 atom stereocenters. The Kier molecular flexibility index (Phi) is 5.28. The Labute approximate surface area is 167 Å². The van der Waals surface area contributed by atoms with Gasteiger partial charge in [0.2, 0.25) is 0 Å². The van der Waals surface area contributed by atoms with Gasteiger partial charge in [0.1, 0.15) is 7.14 Å². The quantitative estimate of drug-likeness (QED) is 0.377. The third kappa shape index (κ3) is 3.59. The third-order valence-corrected chi connectivity index (χ3v) is 8.24. The minimum atomic E-state index is -2.81. The Morgan fingerprint density at radius 1 is 0.571 bits per heavy atom. The summed E-state index contributed by atoms with van der Waals surface area (Å²) < 4.78 is 14.5. The monoisotopic (exact) mass is 382 g/mol. The molecule has 138 valence electrons. The summed E-state index contributed by atoms with van der Waals surface area (Å²) in [5.74, 6) is 0. The summed E-state index contributed by atoms with van der Waals surface area (Å²) >= 11 is 0. The Morgan fingerprint density at radius 3 is 1.61 bits per heavy atom. The number of rotatable bonds is 5. The standard InChI is InChI=1S/C26H23OP/c1-21-12-8-10-18-25(21)26-19-11-9-13-22(26)20-28(27,23-14-4-2-5-15-23)24-16-6-3-7-17-24/h2-19H,20H2,1H3. The number of aryl methyl sites for hydroxylation is 1. The van der Waals surface area contributed by atoms with Crippen LogP contribution in [0.3, 0.4) is 0 Å². The van der Waals surface area contributed by atoms with Gasteiger partial charge in [-0.25, -0.2) is 0 Å². The maximum Gasteiger partial charge on any atom is 0.147 e. The van der Waals surface area contributed by atoms with E-state index in [1.807, 2.05) is 66.7 Å². The van der Waals surface area contributed by atoms with Gasteiger partial charge in [-0.3, -0.25) is 0 Å². The average Bonchev–Trinajstić information content (AvgIpc) is 2.76. The average molecular weight is 382 g/mol. The molecule has 2 heteroatoms. The van der Waals surface area contributed by atoms with Crippen LogP contribution >= 0.6 is 7.14 Å². The van der Waals surface area contributed by atoms with Gasteiger partial charge in [0.25, 0.3) is 0 Å². The van der Waals surface area contributed by atoms with Crippen molar-refractivity contribution in [1.29, 1.82) is 0 Å². The largest absolute Gasteiger partial charge is 0.313 e. The van der Waals surface area contributed by atoms with E-state index in [1.54, 1.807) is 0 Å². The van der Waals surface area contributed by atoms with Gasteiger partial charge in [0.05, 0.1) is 0 Å². The van der Waals surface area contributed by atoms with Crippen LogP contribution in [0, 0.1) is 6.92 Å². The summed E-state index contributed by atoms with van der Waals surface area (Å²) in [6.45, 7) is 2.13. The summed E-state index contributed by atoms with van der Waals surface area (Å²) in [4.78, 5) is 0. The lowest BCUT2D eigenvalue weighted by Gasteiger charge is -2.21. The minimum absolute atomic E-state index is 0.505. The summed E-state index contributed by atoms with van der Waals surface area (Å²) in [7, 11) is -2.81. The number of hydrogen-bond donors (Lipinski definition) is 0. The summed E-state index contributed by atoms with van der Waals surface area (Å²) in [5.41, 5.74) is 4.70. The highest BCUT2D eigenvalue weighted by atomic mass is 31.2. The van der Waals surface area contributed by atoms with Crippen molar-refractivity contribution in [2.75, 3.05) is 0 Å². The zero-order valence-corrected chi connectivity index (χ0v) is 16.8. The Hall–Kier alpha value is -2.89. The first-order valence-corrected chi connectivity index (χ1v) is 11.4. The summed E-state index contributed by atoms with van der Waals surface area (Å²) in [6, 6.07) is 36.5. The molecule has 4 aromatic rings. The summed E-state index contributed by atoms with van der Waals surface area (Å²) in [6.07, 6.45) is 0.505. The van der Waals surface area contributed by atoms with Gasteiger partial charge in [-0.15, -0.1) is 0 Å². The molecule has 0 aliphatic rings. The fraction of sp³-hybridized carbons (Fsp3) is 0.0769. The first kappa shape index (κ1) is 18.5. The zero-order chi connectivity index (χ0) is 19.4. The molecule has 0 saturated carbocycles. The van der Waals surface area contributed by atoms with Crippen LogP contribution in [0.4, 0.5) is 0 Å². The van der Waals surface area contributed by atoms with Crippen molar-refractivity contribution >= 4 is 17.8 Å². The second kappa shape index (κ2) is 8.00. The number of benzene rings is 4. The van der Waals surface area contributed by atoms with Gasteiger partial charge < -0.3 is 4.57 Å². The van der Waals surface area contributed by atoms with Crippen LogP contribution in [0.25, 0.3) is 11.1 Å². The van der Waals surface area contributed by atoms with E-state index in [-0.39, 0.29) is 0 Å². The highest BCUT2D eigenvalue weighted by Gasteiger charge is 2.28. The van der Waals surface area contributed by atoms with E-state index in [9.17, 15) is 4.57 Å². The second-order valence-electron chi connectivity index (χ2n) is 7.04. The molecule has 1 nitrogen and oxygen atoms in total. The van der Waals surface area contributed by atoms with E-state index in [0.29, 0.717) is 6.16 Å². The zero-order valence-electron chi connectivity index (χ0n) is 16.0. The molecule has 4 aromatic carbocycles. The predicted octanol–water partition coefficient (Wildman–Crippen LogP) is 6.18.